The largest absolute Gasteiger partial charge is 0.508 e. The molecule has 16 heavy (non-hydrogen) atoms. The highest BCUT2D eigenvalue weighted by atomic mass is 79.9. The number of benzene rings is 1. The maximum absolute atomic E-state index is 9.49. The number of hydrogen-bond acceptors (Lipinski definition) is 2. The van der Waals surface area contributed by atoms with Gasteiger partial charge in [0.2, 0.25) is 0 Å². The van der Waals surface area contributed by atoms with Gasteiger partial charge < -0.3 is 9.84 Å². The van der Waals surface area contributed by atoms with Gasteiger partial charge in [-0.1, -0.05) is 28.1 Å². The minimum atomic E-state index is -0.164. The number of halogens is 1. The molecule has 3 heteroatoms. The van der Waals surface area contributed by atoms with E-state index in [9.17, 15) is 5.11 Å². The Balaban J connectivity index is 2.16. The number of aliphatic hydroxyl groups excluding tert-OH is 1. The van der Waals surface area contributed by atoms with Crippen LogP contribution in [0.2, 0.25) is 0 Å². The lowest BCUT2D eigenvalue weighted by atomic mass is 9.76. The second-order valence-electron chi connectivity index (χ2n) is 4.39. The first kappa shape index (κ1) is 9.97. The Morgan fingerprint density at radius 2 is 2.25 bits per heavy atom. The van der Waals surface area contributed by atoms with Gasteiger partial charge in [0.15, 0.2) is 0 Å². The standard InChI is InChI=1S/C13H11BrO2/c1-13-5-4-9(15)7-12(13)16-11-6-8(14)2-3-10(11)13/h2-7,12,15H,1H3. The smallest absolute Gasteiger partial charge is 0.134 e. The van der Waals surface area contributed by atoms with E-state index in [2.05, 4.69) is 28.9 Å². The van der Waals surface area contributed by atoms with Crippen LogP contribution >= 0.6 is 15.9 Å². The van der Waals surface area contributed by atoms with E-state index in [-0.39, 0.29) is 17.3 Å². The first-order chi connectivity index (χ1) is 7.59. The molecule has 0 radical (unpaired) electrons. The first-order valence-electron chi connectivity index (χ1n) is 5.16. The first-order valence-corrected chi connectivity index (χ1v) is 5.95. The molecule has 1 aliphatic heterocycles. The predicted molar refractivity (Wildman–Crippen MR) is 65.8 cm³/mol. The lowest BCUT2D eigenvalue weighted by Gasteiger charge is -2.27. The lowest BCUT2D eigenvalue weighted by molar-refractivity contribution is 0.219. The number of fused-ring (bicyclic) bond motifs is 3. The minimum Gasteiger partial charge on any atom is -0.508 e. The predicted octanol–water partition coefficient (Wildman–Crippen LogP) is 3.48. The molecule has 2 unspecified atom stereocenters. The molecule has 1 heterocycles. The van der Waals surface area contributed by atoms with Gasteiger partial charge in [-0.05, 0) is 31.2 Å². The van der Waals surface area contributed by atoms with E-state index in [1.807, 2.05) is 18.2 Å². The molecule has 1 aliphatic carbocycles. The van der Waals surface area contributed by atoms with Crippen molar-refractivity contribution in [3.8, 4) is 5.75 Å². The molecular formula is C13H11BrO2. The summed E-state index contributed by atoms with van der Waals surface area (Å²) in [7, 11) is 0. The fourth-order valence-electron chi connectivity index (χ4n) is 2.31. The zero-order valence-corrected chi connectivity index (χ0v) is 10.4. The molecule has 1 aromatic carbocycles. The summed E-state index contributed by atoms with van der Waals surface area (Å²) in [6.45, 7) is 2.12. The van der Waals surface area contributed by atoms with E-state index in [0.29, 0.717) is 0 Å². The second kappa shape index (κ2) is 3.14. The Hall–Kier alpha value is -1.22. The zero-order valence-electron chi connectivity index (χ0n) is 8.77. The van der Waals surface area contributed by atoms with Crippen molar-refractivity contribution < 1.29 is 9.84 Å². The van der Waals surface area contributed by atoms with Crippen LogP contribution in [0.5, 0.6) is 5.75 Å². The van der Waals surface area contributed by atoms with Crippen LogP contribution in [0.3, 0.4) is 0 Å². The van der Waals surface area contributed by atoms with Gasteiger partial charge in [0.1, 0.15) is 17.6 Å². The molecule has 2 aliphatic rings. The molecular weight excluding hydrogens is 268 g/mol. The van der Waals surface area contributed by atoms with Crippen LogP contribution in [0.4, 0.5) is 0 Å². The molecule has 2 nitrogen and oxygen atoms in total. The van der Waals surface area contributed by atoms with Crippen molar-refractivity contribution in [2.75, 3.05) is 0 Å². The van der Waals surface area contributed by atoms with E-state index in [4.69, 9.17) is 4.74 Å². The quantitative estimate of drug-likeness (QED) is 0.787. The van der Waals surface area contributed by atoms with Crippen molar-refractivity contribution in [3.05, 3.63) is 52.2 Å². The summed E-state index contributed by atoms with van der Waals surface area (Å²) in [5.74, 6) is 1.16. The van der Waals surface area contributed by atoms with Gasteiger partial charge in [-0.15, -0.1) is 0 Å². The van der Waals surface area contributed by atoms with Crippen LogP contribution in [-0.2, 0) is 5.41 Å². The SMILES string of the molecule is CC12C=CC(O)=CC1Oc1cc(Br)ccc12. The average Bonchev–Trinajstić information content (AvgIpc) is 2.50. The van der Waals surface area contributed by atoms with E-state index in [1.165, 1.54) is 5.56 Å². The number of rotatable bonds is 0. The highest BCUT2D eigenvalue weighted by Crippen LogP contribution is 2.47. The Labute approximate surface area is 102 Å². The Kier molecular flexibility index (Phi) is 1.96. The molecule has 3 rings (SSSR count). The molecule has 1 aromatic rings. The summed E-state index contributed by atoms with van der Waals surface area (Å²) in [5, 5.41) is 9.49. The Morgan fingerprint density at radius 1 is 1.44 bits per heavy atom. The second-order valence-corrected chi connectivity index (χ2v) is 5.30. The summed E-state index contributed by atoms with van der Waals surface area (Å²) in [5.41, 5.74) is 1.00. The third-order valence-electron chi connectivity index (χ3n) is 3.29. The molecule has 0 saturated heterocycles. The van der Waals surface area contributed by atoms with Gasteiger partial charge in [-0.2, -0.15) is 0 Å². The third kappa shape index (κ3) is 1.24. The third-order valence-corrected chi connectivity index (χ3v) is 3.78. The number of hydrogen-bond donors (Lipinski definition) is 1. The maximum Gasteiger partial charge on any atom is 0.134 e. The van der Waals surface area contributed by atoms with E-state index >= 15 is 0 Å². The Bertz CT molecular complexity index is 519. The normalized spacial score (nSPS) is 30.4. The van der Waals surface area contributed by atoms with Gasteiger partial charge in [0.05, 0.1) is 5.41 Å². The van der Waals surface area contributed by atoms with Crippen molar-refractivity contribution >= 4 is 15.9 Å². The lowest BCUT2D eigenvalue weighted by Crippen LogP contribution is -2.33. The number of aliphatic hydroxyl groups is 1. The summed E-state index contributed by atoms with van der Waals surface area (Å²) in [6, 6.07) is 6.05. The van der Waals surface area contributed by atoms with Crippen LogP contribution in [0.15, 0.2) is 46.7 Å². The minimum absolute atomic E-state index is 0.109. The average molecular weight is 279 g/mol. The van der Waals surface area contributed by atoms with Crippen molar-refractivity contribution in [1.29, 1.82) is 0 Å². The van der Waals surface area contributed by atoms with E-state index in [1.54, 1.807) is 12.2 Å². The highest BCUT2D eigenvalue weighted by Gasteiger charge is 2.44. The van der Waals surface area contributed by atoms with Crippen LogP contribution in [0.25, 0.3) is 0 Å². The van der Waals surface area contributed by atoms with Crippen LogP contribution in [0.1, 0.15) is 12.5 Å². The van der Waals surface area contributed by atoms with Crippen LogP contribution < -0.4 is 4.74 Å². The fraction of sp³-hybridized carbons (Fsp3) is 0.231. The van der Waals surface area contributed by atoms with Gasteiger partial charge in [0.25, 0.3) is 0 Å². The van der Waals surface area contributed by atoms with Crippen LogP contribution in [-0.4, -0.2) is 11.2 Å². The molecule has 82 valence electrons. The fourth-order valence-corrected chi connectivity index (χ4v) is 2.65. The molecule has 1 N–H and O–H groups in total. The molecule has 0 saturated carbocycles. The highest BCUT2D eigenvalue weighted by molar-refractivity contribution is 9.10. The molecule has 0 amide bonds. The number of ether oxygens (including phenoxy) is 1. The monoisotopic (exact) mass is 278 g/mol. The Morgan fingerprint density at radius 3 is 3.06 bits per heavy atom. The summed E-state index contributed by atoms with van der Waals surface area (Å²) in [4.78, 5) is 0. The van der Waals surface area contributed by atoms with Crippen molar-refractivity contribution in [1.82, 2.24) is 0 Å². The van der Waals surface area contributed by atoms with Crippen molar-refractivity contribution in [2.45, 2.75) is 18.4 Å². The number of allylic oxidation sites excluding steroid dienone is 1. The molecule has 0 fully saturated rings. The van der Waals surface area contributed by atoms with Gasteiger partial charge in [-0.3, -0.25) is 0 Å². The van der Waals surface area contributed by atoms with Crippen molar-refractivity contribution in [3.63, 3.8) is 0 Å². The van der Waals surface area contributed by atoms with E-state index in [0.717, 1.165) is 10.2 Å². The van der Waals surface area contributed by atoms with E-state index < -0.39 is 0 Å². The maximum atomic E-state index is 9.49. The topological polar surface area (TPSA) is 29.5 Å². The van der Waals surface area contributed by atoms with Gasteiger partial charge in [-0.25, -0.2) is 0 Å². The van der Waals surface area contributed by atoms with Crippen LogP contribution in [0, 0.1) is 0 Å². The molecule has 0 aromatic heterocycles. The summed E-state index contributed by atoms with van der Waals surface area (Å²) in [6.07, 6.45) is 5.39. The molecule has 2 atom stereocenters. The van der Waals surface area contributed by atoms with Gasteiger partial charge in [0, 0.05) is 10.0 Å². The summed E-state index contributed by atoms with van der Waals surface area (Å²) >= 11 is 3.43. The van der Waals surface area contributed by atoms with Crippen molar-refractivity contribution in [2.24, 2.45) is 0 Å². The zero-order chi connectivity index (χ0) is 11.3. The molecule has 0 bridgehead atoms. The van der Waals surface area contributed by atoms with Gasteiger partial charge >= 0.3 is 0 Å². The summed E-state index contributed by atoms with van der Waals surface area (Å²) < 4.78 is 6.85. The molecule has 0 spiro atoms.